The summed E-state index contributed by atoms with van der Waals surface area (Å²) in [7, 11) is 0. The quantitative estimate of drug-likeness (QED) is 0.665. The van der Waals surface area contributed by atoms with E-state index in [1.165, 1.54) is 16.6 Å². The van der Waals surface area contributed by atoms with Crippen LogP contribution in [0.3, 0.4) is 0 Å². The van der Waals surface area contributed by atoms with Crippen LogP contribution in [0.1, 0.15) is 17.7 Å². The Bertz CT molecular complexity index is 809. The van der Waals surface area contributed by atoms with E-state index in [1.807, 2.05) is 6.07 Å². The molecule has 2 aliphatic rings. The van der Waals surface area contributed by atoms with Gasteiger partial charge in [-0.05, 0) is 31.4 Å². The lowest BCUT2D eigenvalue weighted by Gasteiger charge is -2.37. The van der Waals surface area contributed by atoms with Gasteiger partial charge in [0.15, 0.2) is 0 Å². The zero-order valence-electron chi connectivity index (χ0n) is 17.2. The first-order chi connectivity index (χ1) is 14.2. The Morgan fingerprint density at radius 3 is 2.83 bits per heavy atom. The fraction of sp³-hybridized carbons (Fsp3) is 0.591. The summed E-state index contributed by atoms with van der Waals surface area (Å²) in [6.45, 7) is 8.32. The Morgan fingerprint density at radius 1 is 1.21 bits per heavy atom. The molecule has 2 fully saturated rings. The maximum Gasteiger partial charge on any atom is 0.314 e. The Kier molecular flexibility index (Phi) is 6.69. The highest BCUT2D eigenvalue weighted by Crippen LogP contribution is 2.23. The first-order valence-corrected chi connectivity index (χ1v) is 10.7. The molecule has 7 nitrogen and oxygen atoms in total. The molecule has 0 aliphatic carbocycles. The van der Waals surface area contributed by atoms with Crippen LogP contribution in [0.4, 0.5) is 4.79 Å². The van der Waals surface area contributed by atoms with Gasteiger partial charge in [-0.15, -0.1) is 0 Å². The number of ether oxygens (including phenoxy) is 2. The molecule has 2 aromatic rings. The molecule has 158 valence electrons. The molecule has 3 heterocycles. The normalized spacial score (nSPS) is 21.3. The number of rotatable bonds is 7. The van der Waals surface area contributed by atoms with E-state index in [4.69, 9.17) is 9.47 Å². The number of hydrogen-bond donors (Lipinski definition) is 3. The van der Waals surface area contributed by atoms with Crippen molar-refractivity contribution in [3.8, 4) is 0 Å². The third-order valence-corrected chi connectivity index (χ3v) is 6.18. The Hall–Kier alpha value is -2.09. The van der Waals surface area contributed by atoms with Gasteiger partial charge in [0, 0.05) is 61.3 Å². The molecule has 2 unspecified atom stereocenters. The average Bonchev–Trinajstić information content (AvgIpc) is 3.37. The van der Waals surface area contributed by atoms with Gasteiger partial charge in [-0.25, -0.2) is 4.79 Å². The summed E-state index contributed by atoms with van der Waals surface area (Å²) in [5.74, 6) is 0.474. The smallest absolute Gasteiger partial charge is 0.314 e. The molecule has 2 atom stereocenters. The number of nitrogens with one attached hydrogen (secondary N) is 3. The summed E-state index contributed by atoms with van der Waals surface area (Å²) in [5, 5.41) is 7.35. The predicted molar refractivity (Wildman–Crippen MR) is 113 cm³/mol. The molecule has 0 radical (unpaired) electrons. The molecule has 7 heteroatoms. The average molecular weight is 401 g/mol. The van der Waals surface area contributed by atoms with Crippen molar-refractivity contribution in [3.63, 3.8) is 0 Å². The lowest BCUT2D eigenvalue weighted by Crippen LogP contribution is -2.53. The number of aromatic nitrogens is 1. The van der Waals surface area contributed by atoms with Crippen molar-refractivity contribution in [3.05, 3.63) is 35.5 Å². The number of hydrogen-bond acceptors (Lipinski definition) is 4. The topological polar surface area (TPSA) is 78.6 Å². The summed E-state index contributed by atoms with van der Waals surface area (Å²) in [4.78, 5) is 18.3. The maximum atomic E-state index is 12.4. The van der Waals surface area contributed by atoms with Gasteiger partial charge >= 0.3 is 6.03 Å². The Labute approximate surface area is 172 Å². The fourth-order valence-corrected chi connectivity index (χ4v) is 4.58. The second-order valence-corrected chi connectivity index (χ2v) is 8.00. The van der Waals surface area contributed by atoms with Crippen LogP contribution in [-0.4, -0.2) is 74.6 Å². The molecular weight excluding hydrogens is 368 g/mol. The number of carbonyl (C=O) groups excluding carboxylic acids is 1. The molecule has 2 amide bonds. The molecule has 2 aliphatic heterocycles. The molecule has 2 saturated heterocycles. The number of aromatic amines is 1. The van der Waals surface area contributed by atoms with Crippen molar-refractivity contribution in [2.24, 2.45) is 5.92 Å². The molecule has 0 bridgehead atoms. The van der Waals surface area contributed by atoms with Gasteiger partial charge in [-0.1, -0.05) is 18.2 Å². The van der Waals surface area contributed by atoms with E-state index in [0.29, 0.717) is 25.0 Å². The zero-order chi connectivity index (χ0) is 20.1. The van der Waals surface area contributed by atoms with Gasteiger partial charge in [0.25, 0.3) is 0 Å². The third kappa shape index (κ3) is 4.91. The van der Waals surface area contributed by atoms with Crippen molar-refractivity contribution >= 4 is 16.9 Å². The van der Waals surface area contributed by atoms with Crippen LogP contribution in [-0.2, 0) is 15.9 Å². The van der Waals surface area contributed by atoms with Gasteiger partial charge in [0.2, 0.25) is 0 Å². The summed E-state index contributed by atoms with van der Waals surface area (Å²) in [6, 6.07) is 8.52. The van der Waals surface area contributed by atoms with E-state index in [1.54, 1.807) is 0 Å². The minimum Gasteiger partial charge on any atom is -0.381 e. The second kappa shape index (κ2) is 9.61. The van der Waals surface area contributed by atoms with Crippen molar-refractivity contribution < 1.29 is 14.3 Å². The molecule has 0 spiro atoms. The number of carbonyl (C=O) groups is 1. The van der Waals surface area contributed by atoms with Crippen LogP contribution >= 0.6 is 0 Å². The van der Waals surface area contributed by atoms with Crippen LogP contribution in [0.5, 0.6) is 0 Å². The Morgan fingerprint density at radius 2 is 2.03 bits per heavy atom. The van der Waals surface area contributed by atoms with Gasteiger partial charge in [0.05, 0.1) is 19.8 Å². The van der Waals surface area contributed by atoms with Gasteiger partial charge in [-0.3, -0.25) is 4.90 Å². The zero-order valence-corrected chi connectivity index (χ0v) is 17.2. The van der Waals surface area contributed by atoms with Crippen molar-refractivity contribution in [1.29, 1.82) is 0 Å². The highest BCUT2D eigenvalue weighted by molar-refractivity contribution is 5.84. The molecule has 0 saturated carbocycles. The highest BCUT2D eigenvalue weighted by atomic mass is 16.5. The predicted octanol–water partition coefficient (Wildman–Crippen LogP) is 2.06. The van der Waals surface area contributed by atoms with Crippen LogP contribution in [0.2, 0.25) is 0 Å². The van der Waals surface area contributed by atoms with Crippen molar-refractivity contribution in [2.45, 2.75) is 25.8 Å². The van der Waals surface area contributed by atoms with Crippen LogP contribution in [0.25, 0.3) is 10.9 Å². The van der Waals surface area contributed by atoms with E-state index in [0.717, 1.165) is 57.9 Å². The number of H-pyrrole nitrogens is 1. The van der Waals surface area contributed by atoms with Crippen LogP contribution in [0.15, 0.2) is 24.3 Å². The number of morpholine rings is 1. The second-order valence-electron chi connectivity index (χ2n) is 8.00. The van der Waals surface area contributed by atoms with Gasteiger partial charge < -0.3 is 25.1 Å². The van der Waals surface area contributed by atoms with E-state index in [2.05, 4.69) is 45.6 Å². The number of para-hydroxylation sites is 1. The monoisotopic (exact) mass is 400 g/mol. The molecule has 3 N–H and O–H groups in total. The first kappa shape index (κ1) is 20.2. The van der Waals surface area contributed by atoms with E-state index < -0.39 is 0 Å². The standard InChI is InChI=1S/C22H32N4O3/c1-16-18(19-4-2-3-5-20(19)25-16)6-8-23-22(27)24-14-21(17-7-11-29-15-17)26-9-12-28-13-10-26/h2-5,17,21,25H,6-15H2,1H3,(H2,23,24,27). The number of aryl methyl sites for hydroxylation is 1. The number of amides is 2. The van der Waals surface area contributed by atoms with Gasteiger partial charge in [0.1, 0.15) is 0 Å². The largest absolute Gasteiger partial charge is 0.381 e. The molecule has 1 aromatic carbocycles. The summed E-state index contributed by atoms with van der Waals surface area (Å²) < 4.78 is 11.1. The highest BCUT2D eigenvalue weighted by Gasteiger charge is 2.31. The molecular formula is C22H32N4O3. The van der Waals surface area contributed by atoms with Gasteiger partial charge in [-0.2, -0.15) is 0 Å². The third-order valence-electron chi connectivity index (χ3n) is 6.18. The van der Waals surface area contributed by atoms with E-state index >= 15 is 0 Å². The number of benzene rings is 1. The van der Waals surface area contributed by atoms with Crippen molar-refractivity contribution in [2.75, 3.05) is 52.6 Å². The summed E-state index contributed by atoms with van der Waals surface area (Å²) >= 11 is 0. The fourth-order valence-electron chi connectivity index (χ4n) is 4.58. The molecule has 1 aromatic heterocycles. The number of nitrogens with zero attached hydrogens (tertiary/aromatic N) is 1. The summed E-state index contributed by atoms with van der Waals surface area (Å²) in [5.41, 5.74) is 3.59. The lowest BCUT2D eigenvalue weighted by atomic mass is 9.97. The SMILES string of the molecule is Cc1[nH]c2ccccc2c1CCNC(=O)NCC(C1CCOC1)N1CCOCC1. The van der Waals surface area contributed by atoms with Crippen LogP contribution < -0.4 is 10.6 Å². The van der Waals surface area contributed by atoms with Crippen LogP contribution in [0, 0.1) is 12.8 Å². The maximum absolute atomic E-state index is 12.4. The molecule has 4 rings (SSSR count). The summed E-state index contributed by atoms with van der Waals surface area (Å²) in [6.07, 6.45) is 1.87. The number of fused-ring (bicyclic) bond motifs is 1. The first-order valence-electron chi connectivity index (χ1n) is 10.7. The minimum atomic E-state index is -0.0975. The van der Waals surface area contributed by atoms with Crippen molar-refractivity contribution in [1.82, 2.24) is 20.5 Å². The number of urea groups is 1. The van der Waals surface area contributed by atoms with E-state index in [9.17, 15) is 4.79 Å². The molecule has 29 heavy (non-hydrogen) atoms. The lowest BCUT2D eigenvalue weighted by molar-refractivity contribution is 0.00213. The Balaban J connectivity index is 1.27. The van der Waals surface area contributed by atoms with E-state index in [-0.39, 0.29) is 6.03 Å². The minimum absolute atomic E-state index is 0.0975.